The van der Waals surface area contributed by atoms with Gasteiger partial charge in [-0.25, -0.2) is 0 Å². The maximum atomic E-state index is 11.6. The molecule has 0 spiro atoms. The van der Waals surface area contributed by atoms with Gasteiger partial charge in [-0.3, -0.25) is 4.79 Å². The Hall–Kier alpha value is -0.610. The fourth-order valence-electron chi connectivity index (χ4n) is 1.90. The Morgan fingerprint density at radius 2 is 1.77 bits per heavy atom. The van der Waals surface area contributed by atoms with Gasteiger partial charge in [0.25, 0.3) is 0 Å². The van der Waals surface area contributed by atoms with Crippen molar-refractivity contribution in [2.24, 2.45) is 10.8 Å². The molecule has 2 rings (SSSR count). The van der Waals surface area contributed by atoms with E-state index in [0.717, 1.165) is 0 Å². The highest BCUT2D eigenvalue weighted by Crippen LogP contribution is 2.50. The van der Waals surface area contributed by atoms with E-state index in [0.29, 0.717) is 26.4 Å². The highest BCUT2D eigenvalue weighted by atomic mass is 16.6. The van der Waals surface area contributed by atoms with Gasteiger partial charge in [-0.2, -0.15) is 0 Å². The maximum absolute atomic E-state index is 11.6. The van der Waals surface area contributed by atoms with Crippen LogP contribution in [0.25, 0.3) is 0 Å². The summed E-state index contributed by atoms with van der Waals surface area (Å²) in [4.78, 5) is 11.6. The van der Waals surface area contributed by atoms with Crippen LogP contribution in [0.5, 0.6) is 0 Å². The van der Waals surface area contributed by atoms with E-state index in [9.17, 15) is 4.79 Å². The Kier molecular flexibility index (Phi) is 1.85. The smallest absolute Gasteiger partial charge is 0.317 e. The molecule has 13 heavy (non-hydrogen) atoms. The topological polar surface area (TPSA) is 44.8 Å². The van der Waals surface area contributed by atoms with E-state index in [2.05, 4.69) is 6.92 Å². The van der Waals surface area contributed by atoms with Crippen molar-refractivity contribution in [1.82, 2.24) is 0 Å². The van der Waals surface area contributed by atoms with Crippen LogP contribution >= 0.6 is 0 Å². The normalized spacial score (nSPS) is 28.5. The van der Waals surface area contributed by atoms with Gasteiger partial charge in [0, 0.05) is 5.41 Å². The summed E-state index contributed by atoms with van der Waals surface area (Å²) in [5.74, 6) is -0.162. The minimum atomic E-state index is -0.444. The summed E-state index contributed by atoms with van der Waals surface area (Å²) >= 11 is 0. The second kappa shape index (κ2) is 2.69. The van der Waals surface area contributed by atoms with Crippen LogP contribution in [-0.4, -0.2) is 39.5 Å². The zero-order valence-electron chi connectivity index (χ0n) is 7.96. The minimum absolute atomic E-state index is 0.0850. The molecule has 0 bridgehead atoms. The number of methoxy groups -OCH3 is 1. The number of ether oxygens (including phenoxy) is 3. The number of rotatable bonds is 2. The molecule has 2 aliphatic heterocycles. The number of esters is 1. The zero-order chi connectivity index (χ0) is 9.53. The van der Waals surface area contributed by atoms with E-state index in [1.54, 1.807) is 0 Å². The van der Waals surface area contributed by atoms with Gasteiger partial charge >= 0.3 is 5.97 Å². The second-order valence-corrected chi connectivity index (χ2v) is 4.12. The van der Waals surface area contributed by atoms with Gasteiger partial charge < -0.3 is 14.2 Å². The van der Waals surface area contributed by atoms with Crippen molar-refractivity contribution in [3.8, 4) is 0 Å². The average Bonchev–Trinajstić information content (AvgIpc) is 1.98. The Labute approximate surface area is 77.1 Å². The van der Waals surface area contributed by atoms with Gasteiger partial charge in [0.2, 0.25) is 0 Å². The minimum Gasteiger partial charge on any atom is -0.468 e. The van der Waals surface area contributed by atoms with Gasteiger partial charge in [-0.05, 0) is 0 Å². The lowest BCUT2D eigenvalue weighted by molar-refractivity contribution is -0.262. The van der Waals surface area contributed by atoms with Crippen molar-refractivity contribution in [1.29, 1.82) is 0 Å². The molecule has 4 heteroatoms. The van der Waals surface area contributed by atoms with Crippen LogP contribution in [0.15, 0.2) is 0 Å². The first-order valence-corrected chi connectivity index (χ1v) is 4.39. The van der Waals surface area contributed by atoms with Crippen molar-refractivity contribution >= 4 is 5.97 Å². The van der Waals surface area contributed by atoms with Crippen molar-refractivity contribution < 1.29 is 19.0 Å². The van der Waals surface area contributed by atoms with Crippen LogP contribution < -0.4 is 0 Å². The summed E-state index contributed by atoms with van der Waals surface area (Å²) in [6, 6.07) is 0. The molecule has 0 aromatic carbocycles. The van der Waals surface area contributed by atoms with E-state index >= 15 is 0 Å². The molecule has 0 unspecified atom stereocenters. The third kappa shape index (κ3) is 0.957. The first-order valence-electron chi connectivity index (χ1n) is 4.39. The molecular weight excluding hydrogens is 172 g/mol. The molecule has 4 nitrogen and oxygen atoms in total. The predicted octanol–water partition coefficient (Wildman–Crippen LogP) is 0.212. The largest absolute Gasteiger partial charge is 0.468 e. The first-order chi connectivity index (χ1) is 6.15. The van der Waals surface area contributed by atoms with E-state index in [1.807, 2.05) is 0 Å². The standard InChI is InChI=1S/C9H14O4/c1-8(3-12-4-8)9(5-13-6-9)7(10)11-2/h3-6H2,1-2H3. The molecule has 0 aliphatic carbocycles. The zero-order valence-corrected chi connectivity index (χ0v) is 7.96. The van der Waals surface area contributed by atoms with Gasteiger partial charge in [-0.1, -0.05) is 6.92 Å². The maximum Gasteiger partial charge on any atom is 0.317 e. The second-order valence-electron chi connectivity index (χ2n) is 4.12. The molecule has 0 N–H and O–H groups in total. The Bertz CT molecular complexity index is 228. The number of carbonyl (C=O) groups is 1. The third-order valence-electron chi connectivity index (χ3n) is 3.27. The molecule has 0 saturated carbocycles. The lowest BCUT2D eigenvalue weighted by atomic mass is 9.61. The molecule has 2 aliphatic rings. The van der Waals surface area contributed by atoms with Gasteiger partial charge in [0.15, 0.2) is 0 Å². The summed E-state index contributed by atoms with van der Waals surface area (Å²) in [7, 11) is 1.42. The monoisotopic (exact) mass is 186 g/mol. The summed E-state index contributed by atoms with van der Waals surface area (Å²) < 4.78 is 15.1. The van der Waals surface area contributed by atoms with E-state index in [1.165, 1.54) is 7.11 Å². The van der Waals surface area contributed by atoms with Crippen LogP contribution in [-0.2, 0) is 19.0 Å². The SMILES string of the molecule is COC(=O)C1(C2(C)COC2)COC1. The molecule has 0 aromatic rings. The van der Waals surface area contributed by atoms with Gasteiger partial charge in [0.05, 0.1) is 33.5 Å². The van der Waals surface area contributed by atoms with Crippen molar-refractivity contribution in [2.45, 2.75) is 6.92 Å². The Morgan fingerprint density at radius 3 is 2.00 bits per heavy atom. The van der Waals surface area contributed by atoms with Crippen molar-refractivity contribution in [3.63, 3.8) is 0 Å². The molecule has 0 amide bonds. The van der Waals surface area contributed by atoms with Crippen LogP contribution in [0.2, 0.25) is 0 Å². The van der Waals surface area contributed by atoms with E-state index in [4.69, 9.17) is 14.2 Å². The fraction of sp³-hybridized carbons (Fsp3) is 0.889. The highest BCUT2D eigenvalue weighted by molar-refractivity contribution is 5.79. The van der Waals surface area contributed by atoms with Crippen LogP contribution in [0.4, 0.5) is 0 Å². The van der Waals surface area contributed by atoms with Crippen molar-refractivity contribution in [3.05, 3.63) is 0 Å². The molecular formula is C9H14O4. The lowest BCUT2D eigenvalue weighted by Crippen LogP contribution is -2.66. The molecule has 0 aromatic heterocycles. The molecule has 2 heterocycles. The summed E-state index contributed by atoms with van der Waals surface area (Å²) in [5.41, 5.74) is -0.529. The summed E-state index contributed by atoms with van der Waals surface area (Å²) in [5, 5.41) is 0. The van der Waals surface area contributed by atoms with Crippen LogP contribution in [0, 0.1) is 10.8 Å². The van der Waals surface area contributed by atoms with E-state index in [-0.39, 0.29) is 11.4 Å². The molecule has 74 valence electrons. The molecule has 0 atom stereocenters. The van der Waals surface area contributed by atoms with Crippen LogP contribution in [0.1, 0.15) is 6.92 Å². The number of hydrogen-bond acceptors (Lipinski definition) is 4. The lowest BCUT2D eigenvalue weighted by Gasteiger charge is -2.55. The number of hydrogen-bond donors (Lipinski definition) is 0. The summed E-state index contributed by atoms with van der Waals surface area (Å²) in [6.07, 6.45) is 0. The quantitative estimate of drug-likeness (QED) is 0.578. The fourth-order valence-corrected chi connectivity index (χ4v) is 1.90. The Balaban J connectivity index is 2.19. The highest BCUT2D eigenvalue weighted by Gasteiger charge is 2.63. The Morgan fingerprint density at radius 1 is 1.23 bits per heavy atom. The van der Waals surface area contributed by atoms with Gasteiger partial charge in [0.1, 0.15) is 5.41 Å². The van der Waals surface area contributed by atoms with E-state index < -0.39 is 5.41 Å². The molecule has 0 radical (unpaired) electrons. The summed E-state index contributed by atoms with van der Waals surface area (Å²) in [6.45, 7) is 4.26. The number of carbonyl (C=O) groups excluding carboxylic acids is 1. The van der Waals surface area contributed by atoms with Crippen LogP contribution in [0.3, 0.4) is 0 Å². The van der Waals surface area contributed by atoms with Crippen molar-refractivity contribution in [2.75, 3.05) is 33.5 Å². The average molecular weight is 186 g/mol. The van der Waals surface area contributed by atoms with Gasteiger partial charge in [-0.15, -0.1) is 0 Å². The molecule has 2 fully saturated rings. The third-order valence-corrected chi connectivity index (χ3v) is 3.27. The predicted molar refractivity (Wildman–Crippen MR) is 44.2 cm³/mol. The molecule has 2 saturated heterocycles. The first kappa shape index (κ1) is 8.97.